The number of allylic oxidation sites excluding steroid dienone is 1. The van der Waals surface area contributed by atoms with Crippen LogP contribution in [0, 0.1) is 0 Å². The molecule has 2 aromatic heterocycles. The molecule has 0 radical (unpaired) electrons. The van der Waals surface area contributed by atoms with E-state index in [-0.39, 0.29) is 11.5 Å². The number of carbonyl (C=O) groups excluding carboxylic acids is 1. The fraction of sp³-hybridized carbons (Fsp3) is 0. The van der Waals surface area contributed by atoms with Crippen molar-refractivity contribution in [1.82, 2.24) is 9.97 Å². The third kappa shape index (κ3) is 2.95. The van der Waals surface area contributed by atoms with Crippen molar-refractivity contribution in [3.63, 3.8) is 0 Å². The van der Waals surface area contributed by atoms with Gasteiger partial charge in [-0.15, -0.1) is 0 Å². The van der Waals surface area contributed by atoms with Crippen LogP contribution >= 0.6 is 0 Å². The molecule has 1 N–H and O–H groups in total. The van der Waals surface area contributed by atoms with Crippen LogP contribution in [0.5, 0.6) is 5.75 Å². The molecule has 0 aliphatic carbocycles. The second-order valence-electron chi connectivity index (χ2n) is 4.55. The summed E-state index contributed by atoms with van der Waals surface area (Å²) < 4.78 is 0. The molecule has 3 rings (SSSR count). The summed E-state index contributed by atoms with van der Waals surface area (Å²) in [6, 6.07) is 12.0. The summed E-state index contributed by atoms with van der Waals surface area (Å²) in [5, 5.41) is 10.3. The van der Waals surface area contributed by atoms with Gasteiger partial charge in [-0.05, 0) is 48.6 Å². The number of rotatable bonds is 3. The van der Waals surface area contributed by atoms with Crippen molar-refractivity contribution >= 4 is 22.8 Å². The van der Waals surface area contributed by atoms with E-state index in [0.717, 1.165) is 10.9 Å². The first-order chi connectivity index (χ1) is 10.2. The maximum atomic E-state index is 12.0. The molecule has 21 heavy (non-hydrogen) atoms. The lowest BCUT2D eigenvalue weighted by Crippen LogP contribution is -1.94. The van der Waals surface area contributed by atoms with Crippen molar-refractivity contribution in [3.05, 3.63) is 72.2 Å². The van der Waals surface area contributed by atoms with E-state index in [4.69, 9.17) is 0 Å². The number of aromatic nitrogens is 2. The summed E-state index contributed by atoms with van der Waals surface area (Å²) in [5.41, 5.74) is 2.05. The van der Waals surface area contributed by atoms with Crippen LogP contribution in [0.25, 0.3) is 17.0 Å². The molecule has 0 spiro atoms. The molecule has 0 unspecified atom stereocenters. The summed E-state index contributed by atoms with van der Waals surface area (Å²) in [6.45, 7) is 0. The number of fused-ring (bicyclic) bond motifs is 1. The smallest absolute Gasteiger partial charge is 0.186 e. The van der Waals surface area contributed by atoms with Crippen LogP contribution in [-0.4, -0.2) is 20.9 Å². The van der Waals surface area contributed by atoms with Crippen molar-refractivity contribution in [2.24, 2.45) is 0 Å². The third-order valence-corrected chi connectivity index (χ3v) is 3.06. The molecule has 1 aromatic carbocycles. The molecule has 3 aromatic rings. The zero-order valence-electron chi connectivity index (χ0n) is 11.1. The van der Waals surface area contributed by atoms with Gasteiger partial charge in [-0.25, -0.2) is 4.98 Å². The van der Waals surface area contributed by atoms with Gasteiger partial charge in [0, 0.05) is 23.3 Å². The number of hydrogen-bond donors (Lipinski definition) is 1. The van der Waals surface area contributed by atoms with Crippen molar-refractivity contribution in [1.29, 1.82) is 0 Å². The standard InChI is InChI=1S/C17H12N2O2/c20-15-4-5-16-13(11-15)1-2-14(19-16)3-6-17(21)12-7-9-18-10-8-12/h1-11,20H/b6-3+. The highest BCUT2D eigenvalue weighted by molar-refractivity contribution is 6.06. The van der Waals surface area contributed by atoms with E-state index >= 15 is 0 Å². The highest BCUT2D eigenvalue weighted by Gasteiger charge is 2.01. The minimum atomic E-state index is -0.0926. The van der Waals surface area contributed by atoms with E-state index < -0.39 is 0 Å². The van der Waals surface area contributed by atoms with Gasteiger partial charge in [0.15, 0.2) is 5.78 Å². The van der Waals surface area contributed by atoms with Crippen LogP contribution in [-0.2, 0) is 0 Å². The molecular formula is C17H12N2O2. The van der Waals surface area contributed by atoms with E-state index in [1.165, 1.54) is 6.08 Å². The highest BCUT2D eigenvalue weighted by atomic mass is 16.3. The maximum Gasteiger partial charge on any atom is 0.186 e. The lowest BCUT2D eigenvalue weighted by Gasteiger charge is -2.00. The Hall–Kier alpha value is -3.01. The zero-order valence-corrected chi connectivity index (χ0v) is 11.1. The molecule has 0 atom stereocenters. The van der Waals surface area contributed by atoms with Crippen LogP contribution in [0.2, 0.25) is 0 Å². The number of carbonyl (C=O) groups is 1. The third-order valence-electron chi connectivity index (χ3n) is 3.06. The molecule has 0 aliphatic rings. The van der Waals surface area contributed by atoms with Gasteiger partial charge in [0.2, 0.25) is 0 Å². The predicted octanol–water partition coefficient (Wildman–Crippen LogP) is 3.23. The molecule has 4 nitrogen and oxygen atoms in total. The summed E-state index contributed by atoms with van der Waals surface area (Å²) in [5.74, 6) is 0.116. The Morgan fingerprint density at radius 1 is 1.05 bits per heavy atom. The van der Waals surface area contributed by atoms with Gasteiger partial charge in [-0.1, -0.05) is 6.07 Å². The maximum absolute atomic E-state index is 12.0. The fourth-order valence-electron chi connectivity index (χ4n) is 2.00. The quantitative estimate of drug-likeness (QED) is 0.589. The molecule has 0 saturated heterocycles. The van der Waals surface area contributed by atoms with Gasteiger partial charge in [-0.2, -0.15) is 0 Å². The number of phenolic OH excluding ortho intramolecular Hbond substituents is 1. The first-order valence-corrected chi connectivity index (χ1v) is 6.44. The summed E-state index contributed by atoms with van der Waals surface area (Å²) in [6.07, 6.45) is 6.34. The van der Waals surface area contributed by atoms with Crippen LogP contribution < -0.4 is 0 Å². The van der Waals surface area contributed by atoms with Gasteiger partial charge in [0.1, 0.15) is 5.75 Å². The minimum Gasteiger partial charge on any atom is -0.508 e. The topological polar surface area (TPSA) is 63.1 Å². The van der Waals surface area contributed by atoms with Crippen LogP contribution in [0.1, 0.15) is 16.1 Å². The second kappa shape index (κ2) is 5.54. The molecule has 0 saturated carbocycles. The monoisotopic (exact) mass is 276 g/mol. The molecule has 2 heterocycles. The molecule has 102 valence electrons. The summed E-state index contributed by atoms with van der Waals surface area (Å²) in [7, 11) is 0. The number of nitrogens with zero attached hydrogens (tertiary/aromatic N) is 2. The minimum absolute atomic E-state index is 0.0926. The normalized spacial score (nSPS) is 11.0. The van der Waals surface area contributed by atoms with Gasteiger partial charge in [0.25, 0.3) is 0 Å². The van der Waals surface area contributed by atoms with Gasteiger partial charge < -0.3 is 5.11 Å². The highest BCUT2D eigenvalue weighted by Crippen LogP contribution is 2.19. The Labute approximate surface area is 121 Å². The Kier molecular flexibility index (Phi) is 3.43. The lowest BCUT2D eigenvalue weighted by atomic mass is 10.1. The number of aromatic hydroxyl groups is 1. The predicted molar refractivity (Wildman–Crippen MR) is 81.0 cm³/mol. The van der Waals surface area contributed by atoms with Crippen LogP contribution in [0.15, 0.2) is 60.9 Å². The number of benzene rings is 1. The Balaban J connectivity index is 1.86. The van der Waals surface area contributed by atoms with Gasteiger partial charge in [0.05, 0.1) is 11.2 Å². The van der Waals surface area contributed by atoms with Gasteiger partial charge >= 0.3 is 0 Å². The zero-order chi connectivity index (χ0) is 14.7. The van der Waals surface area contributed by atoms with E-state index in [0.29, 0.717) is 11.3 Å². The molecule has 0 aliphatic heterocycles. The lowest BCUT2D eigenvalue weighted by molar-refractivity contribution is 0.104. The number of pyridine rings is 2. The number of phenols is 1. The largest absolute Gasteiger partial charge is 0.508 e. The molecule has 4 heteroatoms. The molecule has 0 amide bonds. The Morgan fingerprint density at radius 2 is 1.86 bits per heavy atom. The Bertz CT molecular complexity index is 827. The van der Waals surface area contributed by atoms with E-state index in [1.54, 1.807) is 54.9 Å². The van der Waals surface area contributed by atoms with Crippen molar-refractivity contribution in [3.8, 4) is 5.75 Å². The van der Waals surface area contributed by atoms with E-state index in [9.17, 15) is 9.90 Å². The average molecular weight is 276 g/mol. The van der Waals surface area contributed by atoms with Crippen molar-refractivity contribution < 1.29 is 9.90 Å². The first kappa shape index (κ1) is 13.0. The fourth-order valence-corrected chi connectivity index (χ4v) is 2.00. The molecule has 0 fully saturated rings. The average Bonchev–Trinajstić information content (AvgIpc) is 2.53. The van der Waals surface area contributed by atoms with E-state index in [2.05, 4.69) is 9.97 Å². The number of ketones is 1. The SMILES string of the molecule is O=C(/C=C/c1ccc2cc(O)ccc2n1)c1ccncc1. The van der Waals surface area contributed by atoms with Crippen molar-refractivity contribution in [2.45, 2.75) is 0 Å². The summed E-state index contributed by atoms with van der Waals surface area (Å²) >= 11 is 0. The first-order valence-electron chi connectivity index (χ1n) is 6.44. The number of hydrogen-bond acceptors (Lipinski definition) is 4. The van der Waals surface area contributed by atoms with Crippen LogP contribution in [0.4, 0.5) is 0 Å². The van der Waals surface area contributed by atoms with Crippen molar-refractivity contribution in [2.75, 3.05) is 0 Å². The van der Waals surface area contributed by atoms with Crippen LogP contribution in [0.3, 0.4) is 0 Å². The molecular weight excluding hydrogens is 264 g/mol. The molecule has 0 bridgehead atoms. The van der Waals surface area contributed by atoms with Gasteiger partial charge in [-0.3, -0.25) is 9.78 Å². The second-order valence-corrected chi connectivity index (χ2v) is 4.55. The Morgan fingerprint density at radius 3 is 2.67 bits per heavy atom. The summed E-state index contributed by atoms with van der Waals surface area (Å²) in [4.78, 5) is 20.2. The van der Waals surface area contributed by atoms with E-state index in [1.807, 2.05) is 6.07 Å².